The van der Waals surface area contributed by atoms with Crippen molar-refractivity contribution in [2.75, 3.05) is 39.6 Å². The molecular formula is C83H136O16P2. The maximum Gasteiger partial charge on any atom is 0.472 e. The Labute approximate surface area is 612 Å². The Morgan fingerprint density at radius 1 is 0.277 bits per heavy atom. The summed E-state index contributed by atoms with van der Waals surface area (Å²) >= 11 is 0. The fourth-order valence-corrected chi connectivity index (χ4v) is 11.3. The zero-order valence-electron chi connectivity index (χ0n) is 62.5. The van der Waals surface area contributed by atoms with Crippen LogP contribution in [-0.2, 0) is 55.8 Å². The summed E-state index contributed by atoms with van der Waals surface area (Å²) < 4.78 is 61.1. The highest BCUT2D eigenvalue weighted by Gasteiger charge is 2.29. The molecule has 0 aliphatic heterocycles. The monoisotopic (exact) mass is 1450 g/mol. The number of unbranched alkanes of at least 4 members (excludes halogenated alkanes) is 20. The first-order chi connectivity index (χ1) is 49.2. The molecule has 0 heterocycles. The molecule has 16 nitrogen and oxygen atoms in total. The van der Waals surface area contributed by atoms with E-state index < -0.39 is 91.5 Å². The number of hydrogen-bond acceptors (Lipinski definition) is 14. The quantitative estimate of drug-likeness (QED) is 0.0146. The highest BCUT2D eigenvalue weighted by atomic mass is 31.2. The van der Waals surface area contributed by atoms with Crippen molar-refractivity contribution >= 4 is 33.6 Å². The summed E-state index contributed by atoms with van der Waals surface area (Å²) in [4.78, 5) is 58.7. The van der Waals surface area contributed by atoms with Crippen molar-refractivity contribution in [2.45, 2.75) is 296 Å². The predicted molar refractivity (Wildman–Crippen MR) is 417 cm³/mol. The minimum atomic E-state index is -4.95. The molecule has 0 aromatic heterocycles. The fraction of sp³-hybridized carbons (Fsp3) is 0.627. The third-order valence-corrected chi connectivity index (χ3v) is 17.3. The maximum atomic E-state index is 13.0. The summed E-state index contributed by atoms with van der Waals surface area (Å²) in [5, 5.41) is 20.6. The third kappa shape index (κ3) is 75.9. The summed E-state index contributed by atoms with van der Waals surface area (Å²) in [5.41, 5.74) is 0. The molecule has 18 heteroatoms. The molecule has 0 spiro atoms. The molecule has 101 heavy (non-hydrogen) atoms. The van der Waals surface area contributed by atoms with Crippen LogP contribution < -0.4 is 0 Å². The SMILES string of the molecule is CC/C=C\C/C=C\C/C=C\C/C=C\C/C=C\C/C=C\CCCCCCC(=O)OCC(COP(=O)(O)OCC(O)COP(=O)(O)OCC(O)COC(=O)CCCCCCCCCCC/C=C\C/C=C\C/C=C\C/C=C\C/C=C\CC)OC(=O)CCCCCCCCC/C=C\C/C=C\C/C=C\CC. The standard InChI is InChI=1S/C83H136O16P2/c1-4-7-10-13-16-19-22-25-28-31-33-35-37-38-40-42-43-46-48-51-54-57-60-63-66-69-81(86)93-72-78(84)73-95-100(89,90)96-74-79(85)75-97-101(91,92)98-77-80(99-83(88)71-68-65-62-59-56-53-50-45-30-27-24-21-18-15-12-9-6-3)76-94-82(87)70-67-64-61-58-55-52-49-47-44-41-39-36-34-32-29-26-23-20-17-14-11-8-5-2/h7-12,16-21,25-30,33-36,38,40-41,44,49,52,78-80,84-85H,4-6,13-15,22-24,31-32,37,39,42-43,45-48,50-51,53-77H2,1-3H3,(H,89,90)(H,91,92)/b10-7-,11-8-,12-9-,19-16-,20-17-,21-18-,28-25-,29-26-,30-27-,35-33-,36-34-,40-38-,44-41-,52-49-. The first-order valence-electron chi connectivity index (χ1n) is 38.4. The Morgan fingerprint density at radius 2 is 0.495 bits per heavy atom. The summed E-state index contributed by atoms with van der Waals surface area (Å²) in [7, 11) is -9.81. The number of allylic oxidation sites excluding steroid dienone is 28. The Morgan fingerprint density at radius 3 is 0.782 bits per heavy atom. The molecule has 0 saturated carbocycles. The largest absolute Gasteiger partial charge is 0.472 e. The van der Waals surface area contributed by atoms with Crippen LogP contribution in [0.3, 0.4) is 0 Å². The van der Waals surface area contributed by atoms with Gasteiger partial charge in [-0.15, -0.1) is 0 Å². The van der Waals surface area contributed by atoms with Gasteiger partial charge in [0.15, 0.2) is 6.10 Å². The van der Waals surface area contributed by atoms with Crippen molar-refractivity contribution in [3.8, 4) is 0 Å². The van der Waals surface area contributed by atoms with Crippen molar-refractivity contribution in [1.29, 1.82) is 0 Å². The van der Waals surface area contributed by atoms with Crippen LogP contribution >= 0.6 is 15.6 Å². The number of esters is 3. The van der Waals surface area contributed by atoms with E-state index in [2.05, 4.69) is 191 Å². The number of carbonyl (C=O) groups excluding carboxylic acids is 3. The van der Waals surface area contributed by atoms with Gasteiger partial charge in [-0.1, -0.05) is 281 Å². The number of rotatable bonds is 71. The van der Waals surface area contributed by atoms with Gasteiger partial charge in [-0.2, -0.15) is 0 Å². The minimum absolute atomic E-state index is 0.0809. The molecule has 5 unspecified atom stereocenters. The molecule has 0 rings (SSSR count). The molecule has 574 valence electrons. The summed E-state index contributed by atoms with van der Waals surface area (Å²) in [6, 6.07) is 0. The number of ether oxygens (including phenoxy) is 3. The molecule has 0 amide bonds. The van der Waals surface area contributed by atoms with Gasteiger partial charge in [-0.25, -0.2) is 9.13 Å². The van der Waals surface area contributed by atoms with Crippen LogP contribution in [0.1, 0.15) is 278 Å². The minimum Gasteiger partial charge on any atom is -0.463 e. The molecule has 0 radical (unpaired) electrons. The highest BCUT2D eigenvalue weighted by Crippen LogP contribution is 2.45. The van der Waals surface area contributed by atoms with Crippen LogP contribution in [0, 0.1) is 0 Å². The van der Waals surface area contributed by atoms with Gasteiger partial charge >= 0.3 is 33.6 Å². The van der Waals surface area contributed by atoms with E-state index in [0.717, 1.165) is 193 Å². The van der Waals surface area contributed by atoms with Gasteiger partial charge in [-0.3, -0.25) is 32.5 Å². The van der Waals surface area contributed by atoms with Gasteiger partial charge < -0.3 is 34.2 Å². The van der Waals surface area contributed by atoms with Crippen molar-refractivity contribution < 1.29 is 75.8 Å². The van der Waals surface area contributed by atoms with Gasteiger partial charge in [0, 0.05) is 19.3 Å². The van der Waals surface area contributed by atoms with E-state index in [9.17, 15) is 43.5 Å². The molecular weight excluding hydrogens is 1310 g/mol. The van der Waals surface area contributed by atoms with Gasteiger partial charge in [0.05, 0.1) is 26.4 Å². The van der Waals surface area contributed by atoms with Crippen LogP contribution in [0.15, 0.2) is 170 Å². The molecule has 0 aromatic carbocycles. The summed E-state index contributed by atoms with van der Waals surface area (Å²) in [5.74, 6) is -1.63. The third-order valence-electron chi connectivity index (χ3n) is 15.4. The molecule has 0 saturated heterocycles. The number of phosphoric ester groups is 2. The zero-order valence-corrected chi connectivity index (χ0v) is 64.3. The van der Waals surface area contributed by atoms with Gasteiger partial charge in [0.1, 0.15) is 25.4 Å². The fourth-order valence-electron chi connectivity index (χ4n) is 9.67. The second-order valence-electron chi connectivity index (χ2n) is 25.0. The predicted octanol–water partition coefficient (Wildman–Crippen LogP) is 22.4. The van der Waals surface area contributed by atoms with E-state index in [1.165, 1.54) is 25.7 Å². The van der Waals surface area contributed by atoms with Crippen LogP contribution in [0.5, 0.6) is 0 Å². The summed E-state index contributed by atoms with van der Waals surface area (Å²) in [6.07, 6.45) is 93.9. The molecule has 0 aliphatic rings. The molecule has 4 N–H and O–H groups in total. The molecule has 5 atom stereocenters. The Hall–Kier alpha value is -5.09. The van der Waals surface area contributed by atoms with Crippen molar-refractivity contribution in [1.82, 2.24) is 0 Å². The van der Waals surface area contributed by atoms with Crippen LogP contribution in [0.4, 0.5) is 0 Å². The van der Waals surface area contributed by atoms with Gasteiger partial charge in [0.25, 0.3) is 0 Å². The van der Waals surface area contributed by atoms with Gasteiger partial charge in [0.2, 0.25) is 0 Å². The number of hydrogen-bond donors (Lipinski definition) is 4. The lowest BCUT2D eigenvalue weighted by molar-refractivity contribution is -0.161. The summed E-state index contributed by atoms with van der Waals surface area (Å²) in [6.45, 7) is 2.28. The van der Waals surface area contributed by atoms with E-state index in [4.69, 9.17) is 32.3 Å². The lowest BCUT2D eigenvalue weighted by Gasteiger charge is -2.21. The normalized spacial score (nSPS) is 15.0. The van der Waals surface area contributed by atoms with E-state index in [1.807, 2.05) is 0 Å². The second-order valence-corrected chi connectivity index (χ2v) is 27.9. The van der Waals surface area contributed by atoms with Gasteiger partial charge in [-0.05, 0) is 148 Å². The number of phosphoric acid groups is 2. The van der Waals surface area contributed by atoms with Crippen LogP contribution in [-0.4, -0.2) is 95.9 Å². The Bertz CT molecular complexity index is 2520. The lowest BCUT2D eigenvalue weighted by Crippen LogP contribution is -2.30. The smallest absolute Gasteiger partial charge is 0.463 e. The van der Waals surface area contributed by atoms with E-state index >= 15 is 0 Å². The molecule has 0 fully saturated rings. The Kier molecular flexibility index (Phi) is 70.9. The van der Waals surface area contributed by atoms with Crippen LogP contribution in [0.2, 0.25) is 0 Å². The van der Waals surface area contributed by atoms with Crippen molar-refractivity contribution in [3.05, 3.63) is 170 Å². The zero-order chi connectivity index (χ0) is 73.7. The average Bonchev–Trinajstić information content (AvgIpc) is 0.941. The number of carbonyl (C=O) groups is 3. The first-order valence-corrected chi connectivity index (χ1v) is 41.4. The Balaban J connectivity index is 4.69. The topological polar surface area (TPSA) is 231 Å². The first kappa shape index (κ1) is 95.9. The van der Waals surface area contributed by atoms with E-state index in [1.54, 1.807) is 0 Å². The lowest BCUT2D eigenvalue weighted by atomic mass is 10.1. The molecule has 0 aromatic rings. The highest BCUT2D eigenvalue weighted by molar-refractivity contribution is 7.47. The number of aliphatic hydroxyl groups is 2. The van der Waals surface area contributed by atoms with Crippen molar-refractivity contribution in [2.24, 2.45) is 0 Å². The second kappa shape index (κ2) is 74.6. The van der Waals surface area contributed by atoms with E-state index in [0.29, 0.717) is 19.3 Å². The van der Waals surface area contributed by atoms with E-state index in [-0.39, 0.29) is 19.3 Å². The number of aliphatic hydroxyl groups excluding tert-OH is 2. The van der Waals surface area contributed by atoms with Crippen molar-refractivity contribution in [3.63, 3.8) is 0 Å². The maximum absolute atomic E-state index is 13.0. The average molecular weight is 1450 g/mol. The van der Waals surface area contributed by atoms with Crippen LogP contribution in [0.25, 0.3) is 0 Å². The molecule has 0 bridgehead atoms. The molecule has 0 aliphatic carbocycles.